The maximum absolute atomic E-state index is 6.16. The molecule has 4 aliphatic heterocycles. The lowest BCUT2D eigenvalue weighted by atomic mass is 9.77. The number of rotatable bonds is 3. The molecule has 2 aromatic rings. The predicted molar refractivity (Wildman–Crippen MR) is 122 cm³/mol. The van der Waals surface area contributed by atoms with Gasteiger partial charge in [0, 0.05) is 26.3 Å². The SMILES string of the molecule is C[C@H]1CC2(CCN(c3cnc(Sc4ccnc5c4OCC4(COC4)N5C)cn3)CC2)CO1. The van der Waals surface area contributed by atoms with Gasteiger partial charge < -0.3 is 24.0 Å². The average molecular weight is 456 g/mol. The maximum atomic E-state index is 6.16. The predicted octanol–water partition coefficient (Wildman–Crippen LogP) is 3.02. The van der Waals surface area contributed by atoms with Gasteiger partial charge in [-0.3, -0.25) is 0 Å². The molecule has 0 saturated carbocycles. The van der Waals surface area contributed by atoms with Gasteiger partial charge in [0.1, 0.15) is 23.0 Å². The third-order valence-corrected chi connectivity index (χ3v) is 8.44. The highest BCUT2D eigenvalue weighted by Gasteiger charge is 2.48. The van der Waals surface area contributed by atoms with Crippen molar-refractivity contribution in [3.05, 3.63) is 24.7 Å². The molecule has 9 heteroatoms. The highest BCUT2D eigenvalue weighted by Crippen LogP contribution is 2.45. The van der Waals surface area contributed by atoms with E-state index in [0.29, 0.717) is 31.3 Å². The normalized spacial score (nSPS) is 25.5. The van der Waals surface area contributed by atoms with Crippen LogP contribution < -0.4 is 14.5 Å². The van der Waals surface area contributed by atoms with Gasteiger partial charge in [0.2, 0.25) is 0 Å². The zero-order valence-electron chi connectivity index (χ0n) is 18.6. The van der Waals surface area contributed by atoms with E-state index in [4.69, 9.17) is 24.2 Å². The summed E-state index contributed by atoms with van der Waals surface area (Å²) < 4.78 is 17.4. The second-order valence-electron chi connectivity index (χ2n) is 9.65. The van der Waals surface area contributed by atoms with Crippen molar-refractivity contribution in [3.63, 3.8) is 0 Å². The lowest BCUT2D eigenvalue weighted by Gasteiger charge is -2.50. The van der Waals surface area contributed by atoms with Gasteiger partial charge in [-0.05, 0) is 37.7 Å². The van der Waals surface area contributed by atoms with Crippen LogP contribution in [0.4, 0.5) is 11.6 Å². The first kappa shape index (κ1) is 20.5. The lowest BCUT2D eigenvalue weighted by molar-refractivity contribution is -0.0801. The van der Waals surface area contributed by atoms with E-state index < -0.39 is 0 Å². The largest absolute Gasteiger partial charge is 0.486 e. The van der Waals surface area contributed by atoms with Crippen LogP contribution in [-0.4, -0.2) is 73.2 Å². The Hall–Kier alpha value is -2.10. The molecule has 32 heavy (non-hydrogen) atoms. The summed E-state index contributed by atoms with van der Waals surface area (Å²) in [6, 6.07) is 1.98. The minimum atomic E-state index is -0.0829. The summed E-state index contributed by atoms with van der Waals surface area (Å²) in [5.74, 6) is 2.63. The molecule has 2 spiro atoms. The van der Waals surface area contributed by atoms with Crippen LogP contribution in [0.5, 0.6) is 5.75 Å². The van der Waals surface area contributed by atoms with Gasteiger partial charge in [-0.15, -0.1) is 0 Å². The van der Waals surface area contributed by atoms with Gasteiger partial charge in [0.05, 0.1) is 43.2 Å². The van der Waals surface area contributed by atoms with Crippen molar-refractivity contribution < 1.29 is 14.2 Å². The fourth-order valence-electron chi connectivity index (χ4n) is 5.26. The fraction of sp³-hybridized carbons (Fsp3) is 0.609. The first-order valence-corrected chi connectivity index (χ1v) is 12.2. The Morgan fingerprint density at radius 2 is 1.91 bits per heavy atom. The molecule has 0 aromatic carbocycles. The fourth-order valence-corrected chi connectivity index (χ4v) is 6.07. The minimum Gasteiger partial charge on any atom is -0.486 e. The molecule has 0 unspecified atom stereocenters. The van der Waals surface area contributed by atoms with E-state index in [2.05, 4.69) is 28.8 Å². The molecule has 0 N–H and O–H groups in total. The Bertz CT molecular complexity index is 992. The lowest BCUT2D eigenvalue weighted by Crippen LogP contribution is -2.66. The van der Waals surface area contributed by atoms with Crippen LogP contribution in [0.2, 0.25) is 0 Å². The van der Waals surface area contributed by atoms with Gasteiger partial charge in [-0.25, -0.2) is 15.0 Å². The van der Waals surface area contributed by atoms with Crippen LogP contribution in [0, 0.1) is 5.41 Å². The van der Waals surface area contributed by atoms with Crippen LogP contribution in [0.3, 0.4) is 0 Å². The summed E-state index contributed by atoms with van der Waals surface area (Å²) in [6.45, 7) is 7.09. The molecule has 3 saturated heterocycles. The van der Waals surface area contributed by atoms with Crippen molar-refractivity contribution in [1.29, 1.82) is 0 Å². The number of nitrogens with zero attached hydrogens (tertiary/aromatic N) is 5. The zero-order valence-corrected chi connectivity index (χ0v) is 19.4. The van der Waals surface area contributed by atoms with Crippen LogP contribution in [0.15, 0.2) is 34.6 Å². The summed E-state index contributed by atoms with van der Waals surface area (Å²) in [5, 5.41) is 0.854. The number of hydrogen-bond acceptors (Lipinski definition) is 9. The maximum Gasteiger partial charge on any atom is 0.175 e. The molecule has 170 valence electrons. The molecule has 0 aliphatic carbocycles. The molecule has 1 atom stereocenters. The third-order valence-electron chi connectivity index (χ3n) is 7.48. The minimum absolute atomic E-state index is 0.0829. The van der Waals surface area contributed by atoms with Crippen molar-refractivity contribution in [1.82, 2.24) is 15.0 Å². The molecule has 3 fully saturated rings. The molecule has 0 radical (unpaired) electrons. The van der Waals surface area contributed by atoms with Crippen molar-refractivity contribution in [3.8, 4) is 5.75 Å². The second kappa shape index (κ2) is 7.74. The second-order valence-corrected chi connectivity index (χ2v) is 10.7. The Morgan fingerprint density at radius 3 is 2.56 bits per heavy atom. The zero-order chi connectivity index (χ0) is 21.8. The molecule has 6 heterocycles. The van der Waals surface area contributed by atoms with Gasteiger partial charge in [0.15, 0.2) is 11.6 Å². The number of anilines is 2. The number of ether oxygens (including phenoxy) is 3. The molecular weight excluding hydrogens is 426 g/mol. The molecule has 6 rings (SSSR count). The number of fused-ring (bicyclic) bond motifs is 1. The van der Waals surface area contributed by atoms with Crippen molar-refractivity contribution in [2.45, 2.75) is 47.8 Å². The average Bonchev–Trinajstić information content (AvgIpc) is 3.14. The summed E-state index contributed by atoms with van der Waals surface area (Å²) in [7, 11) is 2.07. The Kier molecular flexibility index (Phi) is 4.96. The monoisotopic (exact) mass is 455 g/mol. The number of hydrogen-bond donors (Lipinski definition) is 0. The Labute approximate surface area is 192 Å². The third kappa shape index (κ3) is 3.41. The van der Waals surface area contributed by atoms with Crippen molar-refractivity contribution in [2.75, 3.05) is 56.4 Å². The van der Waals surface area contributed by atoms with Crippen molar-refractivity contribution >= 4 is 23.4 Å². The number of likely N-dealkylation sites (N-methyl/N-ethyl adjacent to an activating group) is 1. The van der Waals surface area contributed by atoms with E-state index in [9.17, 15) is 0 Å². The number of pyridine rings is 1. The Morgan fingerprint density at radius 1 is 1.06 bits per heavy atom. The standard InChI is InChI=1S/C23H29N5O3S/c1-16-9-22(12-30-16)4-7-28(8-5-22)18-10-26-19(11-25-18)32-17-3-6-24-21-20(17)31-15-23(27(21)2)13-29-14-23/h3,6,10-11,16H,4-5,7-9,12-15H2,1-2H3/t16-/m0/s1. The van der Waals surface area contributed by atoms with Crippen LogP contribution in [0.25, 0.3) is 0 Å². The van der Waals surface area contributed by atoms with E-state index in [1.165, 1.54) is 6.42 Å². The van der Waals surface area contributed by atoms with Gasteiger partial charge >= 0.3 is 0 Å². The molecule has 8 nitrogen and oxygen atoms in total. The summed E-state index contributed by atoms with van der Waals surface area (Å²) in [5.41, 5.74) is 0.289. The summed E-state index contributed by atoms with van der Waals surface area (Å²) in [4.78, 5) is 19.6. The first-order valence-electron chi connectivity index (χ1n) is 11.4. The van der Waals surface area contributed by atoms with E-state index in [1.54, 1.807) is 11.8 Å². The van der Waals surface area contributed by atoms with E-state index in [0.717, 1.165) is 59.8 Å². The Balaban J connectivity index is 1.14. The molecular formula is C23H29N5O3S. The molecule has 4 aliphatic rings. The van der Waals surface area contributed by atoms with E-state index >= 15 is 0 Å². The first-order chi connectivity index (χ1) is 15.6. The quantitative estimate of drug-likeness (QED) is 0.694. The van der Waals surface area contributed by atoms with E-state index in [1.807, 2.05) is 24.7 Å². The number of piperidine rings is 1. The highest BCUT2D eigenvalue weighted by atomic mass is 32.2. The topological polar surface area (TPSA) is 72.8 Å². The van der Waals surface area contributed by atoms with Gasteiger partial charge in [-0.1, -0.05) is 11.8 Å². The summed E-state index contributed by atoms with van der Waals surface area (Å²) in [6.07, 6.45) is 9.50. The van der Waals surface area contributed by atoms with Crippen molar-refractivity contribution in [2.24, 2.45) is 5.41 Å². The smallest absolute Gasteiger partial charge is 0.175 e. The highest BCUT2D eigenvalue weighted by molar-refractivity contribution is 7.99. The van der Waals surface area contributed by atoms with Gasteiger partial charge in [0.25, 0.3) is 0 Å². The molecule has 2 aromatic heterocycles. The van der Waals surface area contributed by atoms with Crippen LogP contribution in [0.1, 0.15) is 26.2 Å². The van der Waals surface area contributed by atoms with Gasteiger partial charge in [-0.2, -0.15) is 0 Å². The molecule has 0 amide bonds. The van der Waals surface area contributed by atoms with E-state index in [-0.39, 0.29) is 5.54 Å². The number of aromatic nitrogens is 3. The van der Waals surface area contributed by atoms with Crippen LogP contribution in [-0.2, 0) is 9.47 Å². The summed E-state index contributed by atoms with van der Waals surface area (Å²) >= 11 is 1.57. The van der Waals surface area contributed by atoms with Crippen LogP contribution >= 0.6 is 11.8 Å². The molecule has 0 bridgehead atoms.